The summed E-state index contributed by atoms with van der Waals surface area (Å²) in [6.45, 7) is 9.82. The Morgan fingerprint density at radius 2 is 1.95 bits per heavy atom. The van der Waals surface area contributed by atoms with E-state index >= 15 is 0 Å². The maximum absolute atomic E-state index is 5.43. The van der Waals surface area contributed by atoms with Crippen LogP contribution < -0.4 is 10.1 Å². The number of hydrogen-bond donors (Lipinski definition) is 1. The van der Waals surface area contributed by atoms with Crippen LogP contribution in [0.4, 0.5) is 0 Å². The molecule has 4 nitrogen and oxygen atoms in total. The molecule has 1 aliphatic rings. The van der Waals surface area contributed by atoms with Crippen LogP contribution in [0.2, 0.25) is 0 Å². The van der Waals surface area contributed by atoms with Crippen molar-refractivity contribution in [3.8, 4) is 5.75 Å². The molecule has 1 aromatic carbocycles. The molecule has 1 aliphatic heterocycles. The van der Waals surface area contributed by atoms with Crippen LogP contribution >= 0.6 is 0 Å². The molecule has 0 bridgehead atoms. The van der Waals surface area contributed by atoms with Gasteiger partial charge in [0, 0.05) is 19.6 Å². The van der Waals surface area contributed by atoms with Gasteiger partial charge < -0.3 is 14.8 Å². The van der Waals surface area contributed by atoms with Crippen molar-refractivity contribution in [3.63, 3.8) is 0 Å². The largest absolute Gasteiger partial charge is 0.494 e. The van der Waals surface area contributed by atoms with E-state index in [9.17, 15) is 0 Å². The van der Waals surface area contributed by atoms with Crippen molar-refractivity contribution in [2.24, 2.45) is 0 Å². The SMILES string of the molecule is CCOc1ccc(CNCCCN2CCOCC2)cc1. The number of benzene rings is 1. The molecular formula is C16H26N2O2. The molecule has 0 spiro atoms. The lowest BCUT2D eigenvalue weighted by Crippen LogP contribution is -2.37. The summed E-state index contributed by atoms with van der Waals surface area (Å²) in [6, 6.07) is 8.32. The summed E-state index contributed by atoms with van der Waals surface area (Å²) in [5.41, 5.74) is 1.31. The van der Waals surface area contributed by atoms with E-state index in [1.165, 1.54) is 18.5 Å². The molecule has 0 aliphatic carbocycles. The molecule has 2 rings (SSSR count). The molecule has 1 N–H and O–H groups in total. The number of nitrogens with zero attached hydrogens (tertiary/aromatic N) is 1. The molecule has 4 heteroatoms. The quantitative estimate of drug-likeness (QED) is 0.736. The molecule has 1 aromatic rings. The predicted molar refractivity (Wildman–Crippen MR) is 81.2 cm³/mol. The third-order valence-electron chi connectivity index (χ3n) is 3.50. The van der Waals surface area contributed by atoms with E-state index in [2.05, 4.69) is 22.3 Å². The lowest BCUT2D eigenvalue weighted by atomic mass is 10.2. The zero-order valence-electron chi connectivity index (χ0n) is 12.4. The van der Waals surface area contributed by atoms with Gasteiger partial charge in [0.1, 0.15) is 5.75 Å². The van der Waals surface area contributed by atoms with Crippen LogP contribution in [0.3, 0.4) is 0 Å². The minimum atomic E-state index is 0.721. The van der Waals surface area contributed by atoms with Gasteiger partial charge in [-0.1, -0.05) is 12.1 Å². The van der Waals surface area contributed by atoms with Gasteiger partial charge >= 0.3 is 0 Å². The summed E-state index contributed by atoms with van der Waals surface area (Å²) in [4.78, 5) is 2.47. The fourth-order valence-electron chi connectivity index (χ4n) is 2.36. The summed E-state index contributed by atoms with van der Waals surface area (Å²) in [5, 5.41) is 3.49. The average Bonchev–Trinajstić information content (AvgIpc) is 2.50. The van der Waals surface area contributed by atoms with E-state index in [4.69, 9.17) is 9.47 Å². The number of hydrogen-bond acceptors (Lipinski definition) is 4. The maximum atomic E-state index is 5.43. The molecule has 0 aromatic heterocycles. The Labute approximate surface area is 122 Å². The Morgan fingerprint density at radius 1 is 1.20 bits per heavy atom. The molecule has 0 unspecified atom stereocenters. The van der Waals surface area contributed by atoms with Crippen LogP contribution in [0.25, 0.3) is 0 Å². The highest BCUT2D eigenvalue weighted by Gasteiger charge is 2.08. The number of ether oxygens (including phenoxy) is 2. The smallest absolute Gasteiger partial charge is 0.119 e. The van der Waals surface area contributed by atoms with E-state index in [-0.39, 0.29) is 0 Å². The van der Waals surface area contributed by atoms with Gasteiger partial charge in [-0.2, -0.15) is 0 Å². The highest BCUT2D eigenvalue weighted by molar-refractivity contribution is 5.27. The van der Waals surface area contributed by atoms with Gasteiger partial charge in [0.05, 0.1) is 19.8 Å². The van der Waals surface area contributed by atoms with Crippen molar-refractivity contribution in [2.45, 2.75) is 19.9 Å². The van der Waals surface area contributed by atoms with Gasteiger partial charge in [-0.3, -0.25) is 4.90 Å². The van der Waals surface area contributed by atoms with Crippen molar-refractivity contribution in [1.82, 2.24) is 10.2 Å². The third kappa shape index (κ3) is 5.49. The lowest BCUT2D eigenvalue weighted by Gasteiger charge is -2.26. The van der Waals surface area contributed by atoms with Crippen LogP contribution in [-0.2, 0) is 11.3 Å². The Bertz CT molecular complexity index is 361. The highest BCUT2D eigenvalue weighted by Crippen LogP contribution is 2.11. The summed E-state index contributed by atoms with van der Waals surface area (Å²) in [5.74, 6) is 0.948. The fourth-order valence-corrected chi connectivity index (χ4v) is 2.36. The zero-order valence-corrected chi connectivity index (χ0v) is 12.4. The van der Waals surface area contributed by atoms with Crippen molar-refractivity contribution in [2.75, 3.05) is 46.0 Å². The van der Waals surface area contributed by atoms with Crippen LogP contribution in [0.1, 0.15) is 18.9 Å². The molecule has 112 valence electrons. The molecule has 0 saturated carbocycles. The Hall–Kier alpha value is -1.10. The monoisotopic (exact) mass is 278 g/mol. The minimum Gasteiger partial charge on any atom is -0.494 e. The van der Waals surface area contributed by atoms with Crippen molar-refractivity contribution >= 4 is 0 Å². The average molecular weight is 278 g/mol. The van der Waals surface area contributed by atoms with Gasteiger partial charge in [-0.15, -0.1) is 0 Å². The van der Waals surface area contributed by atoms with Crippen LogP contribution in [0, 0.1) is 0 Å². The summed E-state index contributed by atoms with van der Waals surface area (Å²) < 4.78 is 10.8. The van der Waals surface area contributed by atoms with E-state index < -0.39 is 0 Å². The van der Waals surface area contributed by atoms with E-state index in [0.29, 0.717) is 0 Å². The fraction of sp³-hybridized carbons (Fsp3) is 0.625. The van der Waals surface area contributed by atoms with Gasteiger partial charge in [0.15, 0.2) is 0 Å². The summed E-state index contributed by atoms with van der Waals surface area (Å²) >= 11 is 0. The molecule has 1 saturated heterocycles. The maximum Gasteiger partial charge on any atom is 0.119 e. The predicted octanol–water partition coefficient (Wildman–Crippen LogP) is 1.90. The zero-order chi connectivity index (χ0) is 14.0. The second kappa shape index (κ2) is 8.95. The molecule has 20 heavy (non-hydrogen) atoms. The second-order valence-corrected chi connectivity index (χ2v) is 5.06. The second-order valence-electron chi connectivity index (χ2n) is 5.06. The van der Waals surface area contributed by atoms with Crippen molar-refractivity contribution < 1.29 is 9.47 Å². The van der Waals surface area contributed by atoms with Gasteiger partial charge in [-0.05, 0) is 44.1 Å². The molecule has 0 radical (unpaired) electrons. The Kier molecular flexibility index (Phi) is 6.84. The Balaban J connectivity index is 1.56. The van der Waals surface area contributed by atoms with Crippen molar-refractivity contribution in [1.29, 1.82) is 0 Å². The molecule has 0 amide bonds. The number of nitrogens with one attached hydrogen (secondary N) is 1. The minimum absolute atomic E-state index is 0.721. The molecule has 1 fully saturated rings. The molecule has 1 heterocycles. The first-order chi connectivity index (χ1) is 9.88. The first-order valence-corrected chi connectivity index (χ1v) is 7.61. The van der Waals surface area contributed by atoms with Crippen molar-refractivity contribution in [3.05, 3.63) is 29.8 Å². The lowest BCUT2D eigenvalue weighted by molar-refractivity contribution is 0.0374. The number of morpholine rings is 1. The normalized spacial score (nSPS) is 16.2. The molecule has 0 atom stereocenters. The summed E-state index contributed by atoms with van der Waals surface area (Å²) in [6.07, 6.45) is 1.19. The standard InChI is InChI=1S/C16H26N2O2/c1-2-20-16-6-4-15(5-7-16)14-17-8-3-9-18-10-12-19-13-11-18/h4-7,17H,2-3,8-14H2,1H3. The van der Waals surface area contributed by atoms with Gasteiger partial charge in [-0.25, -0.2) is 0 Å². The first kappa shape index (κ1) is 15.3. The van der Waals surface area contributed by atoms with Gasteiger partial charge in [0.25, 0.3) is 0 Å². The van der Waals surface area contributed by atoms with Crippen LogP contribution in [-0.4, -0.2) is 50.9 Å². The number of rotatable bonds is 8. The van der Waals surface area contributed by atoms with E-state index in [1.54, 1.807) is 0 Å². The van der Waals surface area contributed by atoms with Crippen LogP contribution in [0.15, 0.2) is 24.3 Å². The Morgan fingerprint density at radius 3 is 2.65 bits per heavy atom. The first-order valence-electron chi connectivity index (χ1n) is 7.61. The van der Waals surface area contributed by atoms with E-state index in [1.807, 2.05) is 19.1 Å². The summed E-state index contributed by atoms with van der Waals surface area (Å²) in [7, 11) is 0. The third-order valence-corrected chi connectivity index (χ3v) is 3.50. The topological polar surface area (TPSA) is 33.7 Å². The van der Waals surface area contributed by atoms with Crippen LogP contribution in [0.5, 0.6) is 5.75 Å². The molecular weight excluding hydrogens is 252 g/mol. The highest BCUT2D eigenvalue weighted by atomic mass is 16.5. The van der Waals surface area contributed by atoms with E-state index in [0.717, 1.165) is 51.7 Å². The van der Waals surface area contributed by atoms with Gasteiger partial charge in [0.2, 0.25) is 0 Å².